The number of H-pyrrole nitrogens is 2. The van der Waals surface area contributed by atoms with Gasteiger partial charge in [0.15, 0.2) is 11.6 Å². The summed E-state index contributed by atoms with van der Waals surface area (Å²) in [5.41, 5.74) is 4.25. The van der Waals surface area contributed by atoms with Crippen molar-refractivity contribution in [3.05, 3.63) is 48.7 Å². The molecule has 10 nitrogen and oxygen atoms in total. The molecule has 11 heteroatoms. The fourth-order valence-electron chi connectivity index (χ4n) is 6.15. The van der Waals surface area contributed by atoms with Crippen molar-refractivity contribution in [2.75, 3.05) is 43.4 Å². The number of likely N-dealkylation sites (N-methyl/N-ethyl adjacent to an activating group) is 1. The van der Waals surface area contributed by atoms with Crippen LogP contribution in [0.5, 0.6) is 0 Å². The topological polar surface area (TPSA) is 122 Å². The van der Waals surface area contributed by atoms with Crippen molar-refractivity contribution in [1.82, 2.24) is 35.0 Å². The van der Waals surface area contributed by atoms with Crippen molar-refractivity contribution in [1.29, 1.82) is 0 Å². The Morgan fingerprint density at radius 3 is 2.71 bits per heavy atom. The van der Waals surface area contributed by atoms with Crippen molar-refractivity contribution in [3.8, 4) is 22.6 Å². The van der Waals surface area contributed by atoms with E-state index >= 15 is 4.39 Å². The Kier molecular flexibility index (Phi) is 6.76. The quantitative estimate of drug-likeness (QED) is 0.221. The maximum Gasteiger partial charge on any atom is 0.159 e. The first-order valence-electron chi connectivity index (χ1n) is 14.4. The fraction of sp³-hybridized carbons (Fsp3) is 0.400. The standard InChI is InChI=1S/C30H34FN9O/c1-39-11-13-40(14-12-39)29-26-23(9-10-33-29)35-28(36-26)27-24-22(37-38-27)8-7-21(25(24)31)19-15-20(17-32-16-19)34-30(41)18-5-3-2-4-6-18/h7-10,15-18,30,34,41H,2-6,11-14H2,1H3,(H,35,36)(H,37,38). The number of imidazole rings is 1. The average Bonchev–Trinajstić information content (AvgIpc) is 3.63. The Morgan fingerprint density at radius 1 is 1.05 bits per heavy atom. The van der Waals surface area contributed by atoms with E-state index < -0.39 is 12.0 Å². The monoisotopic (exact) mass is 555 g/mol. The summed E-state index contributed by atoms with van der Waals surface area (Å²) in [6.07, 6.45) is 9.93. The predicted molar refractivity (Wildman–Crippen MR) is 158 cm³/mol. The molecule has 2 aliphatic rings. The Balaban J connectivity index is 1.22. The molecule has 0 bridgehead atoms. The average molecular weight is 556 g/mol. The summed E-state index contributed by atoms with van der Waals surface area (Å²) in [6, 6.07) is 7.26. The highest BCUT2D eigenvalue weighted by molar-refractivity contribution is 5.97. The van der Waals surface area contributed by atoms with Crippen LogP contribution in [0.1, 0.15) is 32.1 Å². The summed E-state index contributed by atoms with van der Waals surface area (Å²) in [5.74, 6) is 1.11. The first-order valence-corrected chi connectivity index (χ1v) is 14.4. The zero-order valence-corrected chi connectivity index (χ0v) is 23.1. The van der Waals surface area contributed by atoms with Crippen molar-refractivity contribution in [2.45, 2.75) is 38.3 Å². The van der Waals surface area contributed by atoms with Gasteiger partial charge in [0, 0.05) is 55.6 Å². The molecule has 0 spiro atoms. The molecule has 1 aromatic carbocycles. The fourth-order valence-corrected chi connectivity index (χ4v) is 6.15. The number of hydrogen-bond acceptors (Lipinski definition) is 8. The molecule has 4 N–H and O–H groups in total. The molecule has 1 saturated heterocycles. The number of hydrogen-bond donors (Lipinski definition) is 4. The van der Waals surface area contributed by atoms with Gasteiger partial charge >= 0.3 is 0 Å². The molecular formula is C30H34FN9O. The number of nitrogens with one attached hydrogen (secondary N) is 3. The van der Waals surface area contributed by atoms with Crippen LogP contribution in [-0.4, -0.2) is 79.6 Å². The maximum atomic E-state index is 16.3. The number of pyridine rings is 2. The Labute approximate surface area is 237 Å². The Morgan fingerprint density at radius 2 is 1.88 bits per heavy atom. The van der Waals surface area contributed by atoms with Crippen LogP contribution in [0.2, 0.25) is 0 Å². The van der Waals surface area contributed by atoms with E-state index in [-0.39, 0.29) is 5.92 Å². The number of rotatable bonds is 6. The van der Waals surface area contributed by atoms with E-state index in [9.17, 15) is 5.11 Å². The summed E-state index contributed by atoms with van der Waals surface area (Å²) < 4.78 is 16.3. The zero-order chi connectivity index (χ0) is 27.9. The zero-order valence-electron chi connectivity index (χ0n) is 23.1. The summed E-state index contributed by atoms with van der Waals surface area (Å²) in [4.78, 5) is 21.7. The molecule has 1 saturated carbocycles. The molecule has 7 rings (SSSR count). The van der Waals surface area contributed by atoms with Gasteiger partial charge in [0.25, 0.3) is 0 Å². The van der Waals surface area contributed by atoms with Crippen LogP contribution in [0.4, 0.5) is 15.9 Å². The van der Waals surface area contributed by atoms with E-state index in [1.165, 1.54) is 6.42 Å². The second-order valence-corrected chi connectivity index (χ2v) is 11.3. The highest BCUT2D eigenvalue weighted by atomic mass is 19.1. The van der Waals surface area contributed by atoms with E-state index in [0.29, 0.717) is 39.2 Å². The molecule has 5 aromatic rings. The third-order valence-electron chi connectivity index (χ3n) is 8.54. The largest absolute Gasteiger partial charge is 0.374 e. The first kappa shape index (κ1) is 25.8. The number of aliphatic hydroxyl groups is 1. The van der Waals surface area contributed by atoms with E-state index in [4.69, 9.17) is 4.98 Å². The van der Waals surface area contributed by atoms with Crippen LogP contribution >= 0.6 is 0 Å². The number of fused-ring (bicyclic) bond motifs is 2. The van der Waals surface area contributed by atoms with Gasteiger partial charge < -0.3 is 25.2 Å². The molecule has 2 fully saturated rings. The molecule has 0 radical (unpaired) electrons. The molecule has 1 aliphatic heterocycles. The van der Waals surface area contributed by atoms with E-state index in [2.05, 4.69) is 47.3 Å². The second-order valence-electron chi connectivity index (χ2n) is 11.3. The molecule has 41 heavy (non-hydrogen) atoms. The van der Waals surface area contributed by atoms with Crippen molar-refractivity contribution in [2.24, 2.45) is 5.92 Å². The van der Waals surface area contributed by atoms with E-state index in [1.807, 2.05) is 18.2 Å². The Hall–Kier alpha value is -4.09. The lowest BCUT2D eigenvalue weighted by Gasteiger charge is -2.33. The number of aromatic amines is 2. The minimum atomic E-state index is -0.654. The van der Waals surface area contributed by atoms with Crippen LogP contribution in [-0.2, 0) is 0 Å². The van der Waals surface area contributed by atoms with Gasteiger partial charge in [-0.2, -0.15) is 5.10 Å². The highest BCUT2D eigenvalue weighted by Crippen LogP contribution is 2.35. The third kappa shape index (κ3) is 4.89. The molecular weight excluding hydrogens is 521 g/mol. The van der Waals surface area contributed by atoms with Crippen LogP contribution < -0.4 is 10.2 Å². The van der Waals surface area contributed by atoms with Crippen LogP contribution in [0.25, 0.3) is 44.6 Å². The summed E-state index contributed by atoms with van der Waals surface area (Å²) in [7, 11) is 2.12. The molecule has 1 unspecified atom stereocenters. The van der Waals surface area contributed by atoms with Gasteiger partial charge in [0.2, 0.25) is 0 Å². The summed E-state index contributed by atoms with van der Waals surface area (Å²) in [6.45, 7) is 3.65. The first-order chi connectivity index (χ1) is 20.0. The summed E-state index contributed by atoms with van der Waals surface area (Å²) in [5, 5.41) is 21.7. The highest BCUT2D eigenvalue weighted by Gasteiger charge is 2.24. The van der Waals surface area contributed by atoms with Crippen LogP contribution in [0, 0.1) is 11.7 Å². The molecule has 1 atom stereocenters. The van der Waals surface area contributed by atoms with Gasteiger partial charge in [0.1, 0.15) is 23.3 Å². The number of halogens is 1. The van der Waals surface area contributed by atoms with Crippen molar-refractivity contribution in [3.63, 3.8) is 0 Å². The van der Waals surface area contributed by atoms with Gasteiger partial charge in [0.05, 0.1) is 28.3 Å². The lowest BCUT2D eigenvalue weighted by molar-refractivity contribution is 0.109. The molecule has 1 aliphatic carbocycles. The number of aromatic nitrogens is 6. The third-order valence-corrected chi connectivity index (χ3v) is 8.54. The normalized spacial score (nSPS) is 17.9. The van der Waals surface area contributed by atoms with Gasteiger partial charge in [-0.1, -0.05) is 19.3 Å². The number of benzene rings is 1. The number of nitrogens with zero attached hydrogens (tertiary/aromatic N) is 6. The predicted octanol–water partition coefficient (Wildman–Crippen LogP) is 4.76. The summed E-state index contributed by atoms with van der Waals surface area (Å²) >= 11 is 0. The Bertz CT molecular complexity index is 1680. The minimum absolute atomic E-state index is 0.213. The molecule has 0 amide bonds. The smallest absolute Gasteiger partial charge is 0.159 e. The van der Waals surface area contributed by atoms with E-state index in [1.54, 1.807) is 24.7 Å². The van der Waals surface area contributed by atoms with Gasteiger partial charge in [-0.3, -0.25) is 10.1 Å². The van der Waals surface area contributed by atoms with Crippen molar-refractivity contribution < 1.29 is 9.50 Å². The van der Waals surface area contributed by atoms with Crippen LogP contribution in [0.3, 0.4) is 0 Å². The molecule has 5 heterocycles. The van der Waals surface area contributed by atoms with E-state index in [0.717, 1.165) is 68.7 Å². The van der Waals surface area contributed by atoms with Crippen LogP contribution in [0.15, 0.2) is 42.9 Å². The van der Waals surface area contributed by atoms with Gasteiger partial charge in [-0.15, -0.1) is 0 Å². The SMILES string of the molecule is CN1CCN(c2nccc3[nH]c(-c4n[nH]c5ccc(-c6cncc(NC(O)C7CCCCC7)c6)c(F)c45)nc23)CC1. The lowest BCUT2D eigenvalue weighted by atomic mass is 9.88. The number of piperazine rings is 1. The van der Waals surface area contributed by atoms with Gasteiger partial charge in [-0.05, 0) is 44.2 Å². The maximum absolute atomic E-state index is 16.3. The minimum Gasteiger partial charge on any atom is -0.374 e. The molecule has 212 valence electrons. The number of anilines is 2. The van der Waals surface area contributed by atoms with Crippen molar-refractivity contribution >= 4 is 33.4 Å². The van der Waals surface area contributed by atoms with Gasteiger partial charge in [-0.25, -0.2) is 14.4 Å². The second kappa shape index (κ2) is 10.7. The number of aliphatic hydroxyl groups excluding tert-OH is 1. The lowest BCUT2D eigenvalue weighted by Crippen LogP contribution is -2.44. The molecule has 4 aromatic heterocycles.